The molecule has 0 fully saturated rings. The van der Waals surface area contributed by atoms with Crippen LogP contribution in [0, 0.1) is 0 Å². The minimum atomic E-state index is -0.0430. The van der Waals surface area contributed by atoms with Crippen LogP contribution in [0.4, 0.5) is 0 Å². The first-order valence-electron chi connectivity index (χ1n) is 9.14. The van der Waals surface area contributed by atoms with Gasteiger partial charge in [-0.15, -0.1) is 0 Å². The maximum Gasteiger partial charge on any atom is 0.306 e. The highest BCUT2D eigenvalue weighted by molar-refractivity contribution is 5.69. The fraction of sp³-hybridized carbons (Fsp3) is 0.944. The average molecular weight is 316 g/mol. The predicted octanol–water partition coefficient (Wildman–Crippen LogP) is 5.20. The summed E-state index contributed by atoms with van der Waals surface area (Å²) in [5, 5.41) is 0. The normalized spacial score (nSPS) is 12.3. The molecule has 4 nitrogen and oxygen atoms in total. The molecule has 0 aliphatic heterocycles. The Bertz CT molecular complexity index is 243. The molecule has 0 heterocycles. The van der Waals surface area contributed by atoms with Crippen LogP contribution < -0.4 is 0 Å². The molecule has 0 aromatic heterocycles. The molecule has 0 saturated heterocycles. The number of carbonyl (C=O) groups excluding carboxylic acids is 1. The van der Waals surface area contributed by atoms with Crippen LogP contribution >= 0.6 is 0 Å². The summed E-state index contributed by atoms with van der Waals surface area (Å²) in [4.78, 5) is 21.7. The summed E-state index contributed by atoms with van der Waals surface area (Å²) in [6.45, 7) is 7.62. The molecule has 0 saturated carbocycles. The fourth-order valence-corrected chi connectivity index (χ4v) is 2.13. The number of carbonyl (C=O) groups is 1. The van der Waals surface area contributed by atoms with E-state index in [1.165, 1.54) is 0 Å². The predicted molar refractivity (Wildman–Crippen MR) is 89.6 cm³/mol. The Morgan fingerprint density at radius 1 is 0.818 bits per heavy atom. The molecule has 0 amide bonds. The molecule has 132 valence electrons. The maximum absolute atomic E-state index is 11.6. The van der Waals surface area contributed by atoms with E-state index in [2.05, 4.69) is 13.8 Å². The van der Waals surface area contributed by atoms with Crippen LogP contribution in [0.25, 0.3) is 0 Å². The molecule has 0 N–H and O–H groups in total. The van der Waals surface area contributed by atoms with Gasteiger partial charge in [0.15, 0.2) is 0 Å². The Kier molecular flexibility index (Phi) is 16.3. The summed E-state index contributed by atoms with van der Waals surface area (Å²) in [6, 6.07) is 0. The van der Waals surface area contributed by atoms with Crippen molar-refractivity contribution in [2.75, 3.05) is 13.2 Å². The van der Waals surface area contributed by atoms with Crippen LogP contribution in [0.1, 0.15) is 91.4 Å². The zero-order chi connectivity index (χ0) is 16.5. The number of rotatable bonds is 16. The molecule has 0 bridgehead atoms. The van der Waals surface area contributed by atoms with E-state index in [4.69, 9.17) is 14.5 Å². The lowest BCUT2D eigenvalue weighted by molar-refractivity contribution is -0.295. The molecule has 0 radical (unpaired) electrons. The molecule has 0 spiro atoms. The molecule has 0 rings (SSSR count). The minimum absolute atomic E-state index is 0.0430. The van der Waals surface area contributed by atoms with Crippen LogP contribution in [0.2, 0.25) is 0 Å². The first-order chi connectivity index (χ1) is 10.7. The topological polar surface area (TPSA) is 44.8 Å². The zero-order valence-corrected chi connectivity index (χ0v) is 14.9. The van der Waals surface area contributed by atoms with Gasteiger partial charge in [0.05, 0.1) is 19.3 Å². The second kappa shape index (κ2) is 16.8. The van der Waals surface area contributed by atoms with Crippen molar-refractivity contribution in [3.63, 3.8) is 0 Å². The zero-order valence-electron chi connectivity index (χ0n) is 14.9. The van der Waals surface area contributed by atoms with Gasteiger partial charge in [0.1, 0.15) is 0 Å². The largest absolute Gasteiger partial charge is 0.463 e. The summed E-state index contributed by atoms with van der Waals surface area (Å²) in [5.41, 5.74) is 0. The second-order valence-electron chi connectivity index (χ2n) is 5.96. The van der Waals surface area contributed by atoms with Gasteiger partial charge in [-0.3, -0.25) is 4.79 Å². The van der Waals surface area contributed by atoms with Crippen molar-refractivity contribution < 1.29 is 19.3 Å². The summed E-state index contributed by atoms with van der Waals surface area (Å²) < 4.78 is 5.40. The first-order valence-corrected chi connectivity index (χ1v) is 9.14. The molecule has 4 heteroatoms. The third kappa shape index (κ3) is 15.8. The van der Waals surface area contributed by atoms with Crippen molar-refractivity contribution >= 4 is 5.97 Å². The third-order valence-corrected chi connectivity index (χ3v) is 3.57. The van der Waals surface area contributed by atoms with Crippen LogP contribution in [0.3, 0.4) is 0 Å². The highest BCUT2D eigenvalue weighted by Crippen LogP contribution is 2.10. The van der Waals surface area contributed by atoms with E-state index in [0.29, 0.717) is 19.6 Å². The number of hydrogen-bond donors (Lipinski definition) is 0. The number of ether oxygens (including phenoxy) is 1. The van der Waals surface area contributed by atoms with Crippen molar-refractivity contribution in [2.24, 2.45) is 0 Å². The number of esters is 1. The first kappa shape index (κ1) is 21.4. The van der Waals surface area contributed by atoms with Gasteiger partial charge in [-0.25, -0.2) is 9.78 Å². The highest BCUT2D eigenvalue weighted by Gasteiger charge is 2.08. The molecule has 1 atom stereocenters. The van der Waals surface area contributed by atoms with E-state index in [0.717, 1.165) is 64.2 Å². The van der Waals surface area contributed by atoms with E-state index in [1.807, 2.05) is 6.92 Å². The van der Waals surface area contributed by atoms with Crippen LogP contribution in [-0.2, 0) is 19.3 Å². The SMILES string of the molecule is CCCCCC(=O)OC(C)CCCCCCOOCCCC. The molecule has 0 aromatic carbocycles. The Morgan fingerprint density at radius 3 is 2.14 bits per heavy atom. The monoisotopic (exact) mass is 316 g/mol. The Hall–Kier alpha value is -0.610. The third-order valence-electron chi connectivity index (χ3n) is 3.57. The highest BCUT2D eigenvalue weighted by atomic mass is 17.2. The fourth-order valence-electron chi connectivity index (χ4n) is 2.13. The van der Waals surface area contributed by atoms with Gasteiger partial charge >= 0.3 is 5.97 Å². The number of hydrogen-bond acceptors (Lipinski definition) is 4. The molecule has 1 unspecified atom stereocenters. The smallest absolute Gasteiger partial charge is 0.306 e. The van der Waals surface area contributed by atoms with Crippen molar-refractivity contribution in [1.82, 2.24) is 0 Å². The van der Waals surface area contributed by atoms with Gasteiger partial charge in [-0.2, -0.15) is 0 Å². The van der Waals surface area contributed by atoms with E-state index < -0.39 is 0 Å². The van der Waals surface area contributed by atoms with E-state index in [9.17, 15) is 4.79 Å². The molecule has 22 heavy (non-hydrogen) atoms. The van der Waals surface area contributed by atoms with Gasteiger partial charge < -0.3 is 4.74 Å². The lowest BCUT2D eigenvalue weighted by Crippen LogP contribution is -2.14. The quantitative estimate of drug-likeness (QED) is 0.170. The van der Waals surface area contributed by atoms with E-state index in [1.54, 1.807) is 0 Å². The van der Waals surface area contributed by atoms with E-state index >= 15 is 0 Å². The molecule has 0 aliphatic rings. The van der Waals surface area contributed by atoms with Crippen LogP contribution in [-0.4, -0.2) is 25.3 Å². The van der Waals surface area contributed by atoms with Gasteiger partial charge in [-0.05, 0) is 39.0 Å². The summed E-state index contributed by atoms with van der Waals surface area (Å²) in [5.74, 6) is -0.0430. The van der Waals surface area contributed by atoms with Gasteiger partial charge in [0, 0.05) is 6.42 Å². The maximum atomic E-state index is 11.6. The molecular formula is C18H36O4. The minimum Gasteiger partial charge on any atom is -0.463 e. The Balaban J connectivity index is 3.27. The van der Waals surface area contributed by atoms with Crippen LogP contribution in [0.5, 0.6) is 0 Å². The molecule has 0 aliphatic carbocycles. The van der Waals surface area contributed by atoms with Gasteiger partial charge in [-0.1, -0.05) is 46.0 Å². The van der Waals surface area contributed by atoms with Crippen molar-refractivity contribution in [1.29, 1.82) is 0 Å². The average Bonchev–Trinajstić information content (AvgIpc) is 2.49. The van der Waals surface area contributed by atoms with E-state index in [-0.39, 0.29) is 12.1 Å². The molecule has 0 aromatic rings. The second-order valence-corrected chi connectivity index (χ2v) is 5.96. The summed E-state index contributed by atoms with van der Waals surface area (Å²) in [6.07, 6.45) is 11.3. The number of unbranched alkanes of at least 4 members (excludes halogenated alkanes) is 6. The lowest BCUT2D eigenvalue weighted by atomic mass is 10.1. The Morgan fingerprint density at radius 2 is 1.45 bits per heavy atom. The lowest BCUT2D eigenvalue weighted by Gasteiger charge is -2.13. The van der Waals surface area contributed by atoms with Crippen LogP contribution in [0.15, 0.2) is 0 Å². The van der Waals surface area contributed by atoms with Gasteiger partial charge in [0.25, 0.3) is 0 Å². The summed E-state index contributed by atoms with van der Waals surface area (Å²) >= 11 is 0. The summed E-state index contributed by atoms with van der Waals surface area (Å²) in [7, 11) is 0. The molecular weight excluding hydrogens is 280 g/mol. The van der Waals surface area contributed by atoms with Gasteiger partial charge in [0.2, 0.25) is 0 Å². The standard InChI is InChI=1S/C18H36O4/c1-4-6-10-14-18(19)22-17(3)13-11-8-9-12-16-21-20-15-7-5-2/h17H,4-16H2,1-3H3. The Labute approximate surface area is 136 Å². The van der Waals surface area contributed by atoms with Crippen molar-refractivity contribution in [3.05, 3.63) is 0 Å². The van der Waals surface area contributed by atoms with Crippen molar-refractivity contribution in [3.8, 4) is 0 Å². The van der Waals surface area contributed by atoms with Crippen molar-refractivity contribution in [2.45, 2.75) is 97.5 Å².